The van der Waals surface area contributed by atoms with Crippen LogP contribution in [0.4, 0.5) is 0 Å². The van der Waals surface area contributed by atoms with Gasteiger partial charge in [0.25, 0.3) is 0 Å². The highest BCUT2D eigenvalue weighted by Crippen LogP contribution is 2.12. The van der Waals surface area contributed by atoms with Crippen LogP contribution in [0, 0.1) is 0 Å². The fraction of sp³-hybridized carbons (Fsp3) is 0.714. The second-order valence-corrected chi connectivity index (χ2v) is 10.5. The molecular weight excluding hydrogens is 500 g/mol. The monoisotopic (exact) mass is 560 g/mol. The van der Waals surface area contributed by atoms with Crippen molar-refractivity contribution in [3.8, 4) is 0 Å². The maximum Gasteiger partial charge on any atom is 0.306 e. The first-order valence-corrected chi connectivity index (χ1v) is 16.2. The third kappa shape index (κ3) is 28.9. The summed E-state index contributed by atoms with van der Waals surface area (Å²) in [5.74, 6) is -0.644. The average Bonchev–Trinajstić information content (AvgIpc) is 2.96. The van der Waals surface area contributed by atoms with Gasteiger partial charge in [-0.1, -0.05) is 127 Å². The van der Waals surface area contributed by atoms with Crippen molar-refractivity contribution in [1.82, 2.24) is 0 Å². The van der Waals surface area contributed by atoms with Crippen LogP contribution in [0.2, 0.25) is 0 Å². The molecule has 0 aromatic rings. The summed E-state index contributed by atoms with van der Waals surface area (Å²) in [6.45, 7) is 3.95. The van der Waals surface area contributed by atoms with Gasteiger partial charge in [-0.15, -0.1) is 0 Å². The van der Waals surface area contributed by atoms with E-state index in [4.69, 9.17) is 9.47 Å². The van der Waals surface area contributed by atoms with Gasteiger partial charge in [-0.05, 0) is 51.4 Å². The summed E-state index contributed by atoms with van der Waals surface area (Å²) in [4.78, 5) is 24.0. The Morgan fingerprint density at radius 1 is 0.600 bits per heavy atom. The predicted octanol–water partition coefficient (Wildman–Crippen LogP) is 9.50. The molecule has 0 fully saturated rings. The molecule has 0 bridgehead atoms. The smallest absolute Gasteiger partial charge is 0.306 e. The molecule has 0 aliphatic rings. The molecule has 5 nitrogen and oxygen atoms in total. The van der Waals surface area contributed by atoms with E-state index in [0.29, 0.717) is 12.8 Å². The molecule has 1 N–H and O–H groups in total. The van der Waals surface area contributed by atoms with Crippen LogP contribution in [0.3, 0.4) is 0 Å². The van der Waals surface area contributed by atoms with Gasteiger partial charge in [0.05, 0.1) is 6.61 Å². The summed E-state index contributed by atoms with van der Waals surface area (Å²) in [7, 11) is 0. The number of aliphatic hydroxyl groups is 1. The van der Waals surface area contributed by atoms with Gasteiger partial charge in [-0.2, -0.15) is 0 Å². The van der Waals surface area contributed by atoms with Crippen LogP contribution >= 0.6 is 0 Å². The van der Waals surface area contributed by atoms with E-state index < -0.39 is 6.10 Å². The Morgan fingerprint density at radius 3 is 1.62 bits per heavy atom. The molecule has 0 saturated carbocycles. The zero-order valence-corrected chi connectivity index (χ0v) is 25.8. The largest absolute Gasteiger partial charge is 0.462 e. The topological polar surface area (TPSA) is 72.8 Å². The molecule has 0 aliphatic heterocycles. The molecule has 0 radical (unpaired) electrons. The van der Waals surface area contributed by atoms with Gasteiger partial charge in [0.2, 0.25) is 0 Å². The van der Waals surface area contributed by atoms with E-state index >= 15 is 0 Å². The summed E-state index contributed by atoms with van der Waals surface area (Å²) < 4.78 is 10.5. The third-order valence-electron chi connectivity index (χ3n) is 6.64. The van der Waals surface area contributed by atoms with E-state index in [9.17, 15) is 14.7 Å². The van der Waals surface area contributed by atoms with Crippen molar-refractivity contribution < 1.29 is 24.2 Å². The first-order valence-electron chi connectivity index (χ1n) is 16.2. The summed E-state index contributed by atoms with van der Waals surface area (Å²) in [6, 6.07) is 0. The quantitative estimate of drug-likeness (QED) is 0.0586. The number of aliphatic hydroxyl groups excluding tert-OH is 1. The van der Waals surface area contributed by atoms with Crippen LogP contribution in [-0.2, 0) is 19.1 Å². The molecule has 0 rings (SSSR count). The molecule has 0 heterocycles. The first-order chi connectivity index (χ1) is 19.6. The molecule has 0 unspecified atom stereocenters. The number of hydrogen-bond acceptors (Lipinski definition) is 5. The Morgan fingerprint density at radius 2 is 1.07 bits per heavy atom. The van der Waals surface area contributed by atoms with Gasteiger partial charge < -0.3 is 14.6 Å². The van der Waals surface area contributed by atoms with Crippen LogP contribution in [0.1, 0.15) is 142 Å². The van der Waals surface area contributed by atoms with Crippen molar-refractivity contribution in [3.63, 3.8) is 0 Å². The van der Waals surface area contributed by atoms with E-state index in [1.54, 1.807) is 0 Å². The fourth-order valence-electron chi connectivity index (χ4n) is 4.19. The number of hydrogen-bond donors (Lipinski definition) is 1. The summed E-state index contributed by atoms with van der Waals surface area (Å²) >= 11 is 0. The lowest BCUT2D eigenvalue weighted by Crippen LogP contribution is -2.28. The number of allylic oxidation sites excluding steroid dienone is 8. The minimum atomic E-state index is -0.789. The van der Waals surface area contributed by atoms with Crippen molar-refractivity contribution in [3.05, 3.63) is 48.6 Å². The van der Waals surface area contributed by atoms with Crippen LogP contribution in [0.15, 0.2) is 48.6 Å². The molecule has 5 heteroatoms. The molecule has 0 spiro atoms. The highest BCUT2D eigenvalue weighted by molar-refractivity contribution is 5.70. The number of ether oxygens (including phenoxy) is 2. The number of carbonyl (C=O) groups excluding carboxylic acids is 2. The molecule has 40 heavy (non-hydrogen) atoms. The summed E-state index contributed by atoms with van der Waals surface area (Å²) in [6.07, 6.45) is 37.3. The van der Waals surface area contributed by atoms with Gasteiger partial charge in [-0.3, -0.25) is 9.59 Å². The van der Waals surface area contributed by atoms with Crippen LogP contribution in [0.5, 0.6) is 0 Å². The lowest BCUT2D eigenvalue weighted by Gasteiger charge is -2.15. The Bertz CT molecular complexity index is 692. The van der Waals surface area contributed by atoms with E-state index in [1.165, 1.54) is 51.4 Å². The maximum absolute atomic E-state index is 12.1. The molecule has 1 atom stereocenters. The Balaban J connectivity index is 3.69. The minimum absolute atomic E-state index is 0.0823. The second kappa shape index (κ2) is 31.4. The summed E-state index contributed by atoms with van der Waals surface area (Å²) in [5.41, 5.74) is 0. The van der Waals surface area contributed by atoms with Gasteiger partial charge in [0, 0.05) is 12.8 Å². The zero-order chi connectivity index (χ0) is 29.4. The third-order valence-corrected chi connectivity index (χ3v) is 6.64. The standard InChI is InChI=1S/C35H60O5/c1-3-5-7-9-11-13-15-16-17-18-20-22-24-26-28-30-35(38)40-33(31-36)32-39-34(37)29-27-25-23-21-19-14-12-10-8-6-4-2/h5,7,11,13,16-17,20,22,33,36H,3-4,6,8-10,12,14-15,18-19,21,23-32H2,1-2H3/b7-5+,13-11+,17-16+,22-20+/t33-/m0/s1. The Hall–Kier alpha value is -2.14. The average molecular weight is 561 g/mol. The van der Waals surface area contributed by atoms with Gasteiger partial charge >= 0.3 is 11.9 Å². The number of esters is 2. The highest BCUT2D eigenvalue weighted by Gasteiger charge is 2.16. The molecule has 0 aliphatic carbocycles. The predicted molar refractivity (Wildman–Crippen MR) is 168 cm³/mol. The maximum atomic E-state index is 12.1. The number of unbranched alkanes of at least 4 members (excludes halogenated alkanes) is 12. The molecule has 230 valence electrons. The SMILES string of the molecule is CC/C=C/C/C=C/C/C=C/C/C=C/CCCCC(=O)O[C@@H](CO)COC(=O)CCCCCCCCCCCCC. The summed E-state index contributed by atoms with van der Waals surface area (Å²) in [5, 5.41) is 9.48. The molecular formula is C35H60O5. The van der Waals surface area contributed by atoms with Crippen molar-refractivity contribution in [2.75, 3.05) is 13.2 Å². The molecule has 0 saturated heterocycles. The van der Waals surface area contributed by atoms with Crippen molar-refractivity contribution in [2.24, 2.45) is 0 Å². The van der Waals surface area contributed by atoms with Crippen molar-refractivity contribution >= 4 is 11.9 Å². The highest BCUT2D eigenvalue weighted by atomic mass is 16.6. The van der Waals surface area contributed by atoms with Gasteiger partial charge in [0.1, 0.15) is 6.61 Å². The van der Waals surface area contributed by atoms with Gasteiger partial charge in [-0.25, -0.2) is 0 Å². The van der Waals surface area contributed by atoms with E-state index in [2.05, 4.69) is 62.5 Å². The Kier molecular flexibility index (Phi) is 29.7. The number of carbonyl (C=O) groups is 2. The molecule has 0 aromatic carbocycles. The number of rotatable bonds is 28. The van der Waals surface area contributed by atoms with Crippen LogP contribution < -0.4 is 0 Å². The van der Waals surface area contributed by atoms with Gasteiger partial charge in [0.15, 0.2) is 6.10 Å². The lowest BCUT2D eigenvalue weighted by molar-refractivity contribution is -0.161. The van der Waals surface area contributed by atoms with Crippen LogP contribution in [-0.4, -0.2) is 36.4 Å². The van der Waals surface area contributed by atoms with E-state index in [-0.39, 0.29) is 25.2 Å². The van der Waals surface area contributed by atoms with Crippen LogP contribution in [0.25, 0.3) is 0 Å². The second-order valence-electron chi connectivity index (χ2n) is 10.5. The lowest BCUT2D eigenvalue weighted by atomic mass is 10.1. The molecule has 0 amide bonds. The zero-order valence-electron chi connectivity index (χ0n) is 25.8. The molecule has 0 aromatic heterocycles. The first kappa shape index (κ1) is 37.9. The normalized spacial score (nSPS) is 12.8. The van der Waals surface area contributed by atoms with Crippen molar-refractivity contribution in [1.29, 1.82) is 0 Å². The fourth-order valence-corrected chi connectivity index (χ4v) is 4.19. The van der Waals surface area contributed by atoms with E-state index in [0.717, 1.165) is 64.2 Å². The minimum Gasteiger partial charge on any atom is -0.462 e. The van der Waals surface area contributed by atoms with E-state index in [1.807, 2.05) is 0 Å². The Labute approximate surface area is 246 Å². The van der Waals surface area contributed by atoms with Crippen molar-refractivity contribution in [2.45, 2.75) is 148 Å².